The molecule has 1 amide bonds. The molecule has 0 saturated heterocycles. The second-order valence-corrected chi connectivity index (χ2v) is 3.87. The highest BCUT2D eigenvalue weighted by Crippen LogP contribution is 2.12. The quantitative estimate of drug-likeness (QED) is 0.817. The number of benzene rings is 1. The molecule has 0 aliphatic carbocycles. The van der Waals surface area contributed by atoms with Crippen LogP contribution < -0.4 is 11.1 Å². The average molecular weight is 269 g/mol. The average Bonchev–Trinajstić information content (AvgIpc) is 2.47. The number of carbonyl (C=O) groups is 1. The van der Waals surface area contributed by atoms with Gasteiger partial charge in [0.1, 0.15) is 11.6 Å². The number of rotatable bonds is 2. The van der Waals surface area contributed by atoms with Gasteiger partial charge in [0.25, 0.3) is 5.91 Å². The lowest BCUT2D eigenvalue weighted by molar-refractivity contribution is 0.102. The monoisotopic (exact) mass is 269 g/mol. The van der Waals surface area contributed by atoms with Crippen molar-refractivity contribution >= 4 is 11.7 Å². The van der Waals surface area contributed by atoms with Crippen LogP contribution in [-0.4, -0.2) is 17.4 Å². The van der Waals surface area contributed by atoms with Crippen molar-refractivity contribution in [3.8, 4) is 11.8 Å². The van der Waals surface area contributed by atoms with E-state index >= 15 is 0 Å². The molecule has 0 unspecified atom stereocenters. The lowest BCUT2D eigenvalue weighted by Gasteiger charge is -2.05. The van der Waals surface area contributed by atoms with Crippen LogP contribution in [0.25, 0.3) is 0 Å². The molecule has 20 heavy (non-hydrogen) atoms. The van der Waals surface area contributed by atoms with Crippen LogP contribution in [0.1, 0.15) is 15.9 Å². The van der Waals surface area contributed by atoms with Crippen LogP contribution >= 0.6 is 0 Å². The molecule has 3 N–H and O–H groups in total. The number of halogens is 1. The Balaban J connectivity index is 2.25. The Bertz CT molecular complexity index is 675. The van der Waals surface area contributed by atoms with E-state index in [9.17, 15) is 9.18 Å². The molecule has 0 saturated carbocycles. The lowest BCUT2D eigenvalue weighted by atomic mass is 10.1. The Hall–Kier alpha value is -2.71. The van der Waals surface area contributed by atoms with E-state index in [1.54, 1.807) is 18.2 Å². The first-order valence-electron chi connectivity index (χ1n) is 5.91. The van der Waals surface area contributed by atoms with Gasteiger partial charge in [-0.2, -0.15) is 0 Å². The van der Waals surface area contributed by atoms with Gasteiger partial charge in [0.15, 0.2) is 0 Å². The smallest absolute Gasteiger partial charge is 0.259 e. The first-order valence-corrected chi connectivity index (χ1v) is 5.91. The summed E-state index contributed by atoms with van der Waals surface area (Å²) in [6.45, 7) is 0.201. The predicted octanol–water partition coefficient (Wildman–Crippen LogP) is 1.78. The number of nitrogens with zero attached hydrogens (tertiary/aromatic N) is 1. The second-order valence-electron chi connectivity index (χ2n) is 3.87. The number of aromatic nitrogens is 1. The van der Waals surface area contributed by atoms with Crippen molar-refractivity contribution in [1.29, 1.82) is 0 Å². The van der Waals surface area contributed by atoms with Crippen molar-refractivity contribution < 1.29 is 9.18 Å². The van der Waals surface area contributed by atoms with Gasteiger partial charge in [-0.3, -0.25) is 4.79 Å². The Kier molecular flexibility index (Phi) is 4.43. The number of nitrogens with one attached hydrogen (secondary N) is 1. The number of amides is 1. The van der Waals surface area contributed by atoms with Gasteiger partial charge in [-0.25, -0.2) is 9.37 Å². The van der Waals surface area contributed by atoms with E-state index in [-0.39, 0.29) is 12.1 Å². The molecule has 0 spiro atoms. The number of pyridine rings is 1. The SMILES string of the molecule is NCC#Cc1ccc(F)c(C(=O)Nc2ccccn2)c1. The number of hydrogen-bond acceptors (Lipinski definition) is 3. The summed E-state index contributed by atoms with van der Waals surface area (Å²) < 4.78 is 13.7. The summed E-state index contributed by atoms with van der Waals surface area (Å²) in [5.41, 5.74) is 5.72. The van der Waals surface area contributed by atoms with Gasteiger partial charge >= 0.3 is 0 Å². The standard InChI is InChI=1S/C15H12FN3O/c16-13-7-6-11(4-3-8-17)10-12(13)15(20)19-14-5-1-2-9-18-14/h1-2,5-7,9-10H,8,17H2,(H,18,19,20). The van der Waals surface area contributed by atoms with Crippen molar-refractivity contribution in [1.82, 2.24) is 4.98 Å². The highest BCUT2D eigenvalue weighted by molar-refractivity contribution is 6.04. The molecule has 1 aromatic heterocycles. The summed E-state index contributed by atoms with van der Waals surface area (Å²) in [6, 6.07) is 9.15. The van der Waals surface area contributed by atoms with E-state index in [0.29, 0.717) is 11.4 Å². The summed E-state index contributed by atoms with van der Waals surface area (Å²) in [6.07, 6.45) is 1.54. The van der Waals surface area contributed by atoms with Gasteiger partial charge < -0.3 is 11.1 Å². The van der Waals surface area contributed by atoms with Crippen molar-refractivity contribution in [2.45, 2.75) is 0 Å². The molecule has 0 aliphatic heterocycles. The molecule has 1 heterocycles. The Morgan fingerprint density at radius 1 is 1.35 bits per heavy atom. The van der Waals surface area contributed by atoms with Crippen LogP contribution in [0.5, 0.6) is 0 Å². The van der Waals surface area contributed by atoms with Crippen LogP contribution in [0.4, 0.5) is 10.2 Å². The molecule has 0 atom stereocenters. The minimum Gasteiger partial charge on any atom is -0.320 e. The van der Waals surface area contributed by atoms with Gasteiger partial charge in [0.2, 0.25) is 0 Å². The van der Waals surface area contributed by atoms with Crippen LogP contribution in [0.2, 0.25) is 0 Å². The summed E-state index contributed by atoms with van der Waals surface area (Å²) in [4.78, 5) is 15.9. The summed E-state index contributed by atoms with van der Waals surface area (Å²) in [7, 11) is 0. The van der Waals surface area contributed by atoms with Gasteiger partial charge in [-0.05, 0) is 30.3 Å². The van der Waals surface area contributed by atoms with E-state index in [1.165, 1.54) is 24.4 Å². The van der Waals surface area contributed by atoms with Crippen molar-refractivity contribution in [2.75, 3.05) is 11.9 Å². The minimum atomic E-state index is -0.614. The van der Waals surface area contributed by atoms with Crippen molar-refractivity contribution in [3.05, 3.63) is 59.5 Å². The summed E-state index contributed by atoms with van der Waals surface area (Å²) in [5.74, 6) is 4.58. The van der Waals surface area contributed by atoms with Gasteiger partial charge in [0.05, 0.1) is 12.1 Å². The van der Waals surface area contributed by atoms with E-state index in [0.717, 1.165) is 0 Å². The maximum Gasteiger partial charge on any atom is 0.259 e. The molecule has 0 bridgehead atoms. The lowest BCUT2D eigenvalue weighted by Crippen LogP contribution is -2.14. The highest BCUT2D eigenvalue weighted by Gasteiger charge is 2.12. The summed E-state index contributed by atoms with van der Waals surface area (Å²) >= 11 is 0. The molecule has 4 nitrogen and oxygen atoms in total. The molecular weight excluding hydrogens is 257 g/mol. The normalized spacial score (nSPS) is 9.50. The number of anilines is 1. The molecule has 2 aromatic rings. The molecule has 0 fully saturated rings. The van der Waals surface area contributed by atoms with Gasteiger partial charge in [-0.15, -0.1) is 0 Å². The molecule has 1 aromatic carbocycles. The topological polar surface area (TPSA) is 68.0 Å². The van der Waals surface area contributed by atoms with Crippen LogP contribution in [0.3, 0.4) is 0 Å². The second kappa shape index (κ2) is 6.45. The van der Waals surface area contributed by atoms with Crippen LogP contribution in [-0.2, 0) is 0 Å². The number of nitrogens with two attached hydrogens (primary N) is 1. The molecule has 5 heteroatoms. The third-order valence-corrected chi connectivity index (χ3v) is 2.45. The predicted molar refractivity (Wildman–Crippen MR) is 74.5 cm³/mol. The van der Waals surface area contributed by atoms with E-state index in [1.807, 2.05) is 0 Å². The van der Waals surface area contributed by atoms with Crippen LogP contribution in [0.15, 0.2) is 42.6 Å². The first-order chi connectivity index (χ1) is 9.70. The van der Waals surface area contributed by atoms with E-state index < -0.39 is 11.7 Å². The van der Waals surface area contributed by atoms with Crippen molar-refractivity contribution in [3.63, 3.8) is 0 Å². The molecule has 0 radical (unpaired) electrons. The van der Waals surface area contributed by atoms with Gasteiger partial charge in [-0.1, -0.05) is 17.9 Å². The fraction of sp³-hybridized carbons (Fsp3) is 0.0667. The Labute approximate surface area is 115 Å². The fourth-order valence-electron chi connectivity index (χ4n) is 1.55. The molecule has 0 aliphatic rings. The van der Waals surface area contributed by atoms with Crippen LogP contribution in [0, 0.1) is 17.7 Å². The van der Waals surface area contributed by atoms with Gasteiger partial charge in [0, 0.05) is 11.8 Å². The van der Waals surface area contributed by atoms with E-state index in [2.05, 4.69) is 22.1 Å². The zero-order valence-electron chi connectivity index (χ0n) is 10.6. The summed E-state index contributed by atoms with van der Waals surface area (Å²) in [5, 5.41) is 2.52. The molecule has 100 valence electrons. The van der Waals surface area contributed by atoms with Crippen molar-refractivity contribution in [2.24, 2.45) is 5.73 Å². The molecular formula is C15H12FN3O. The third-order valence-electron chi connectivity index (χ3n) is 2.45. The third kappa shape index (κ3) is 3.40. The number of carbonyl (C=O) groups excluding carboxylic acids is 1. The molecule has 2 rings (SSSR count). The fourth-order valence-corrected chi connectivity index (χ4v) is 1.55. The first kappa shape index (κ1) is 13.7. The maximum atomic E-state index is 13.7. The zero-order chi connectivity index (χ0) is 14.4. The Morgan fingerprint density at radius 2 is 2.20 bits per heavy atom. The zero-order valence-corrected chi connectivity index (χ0v) is 10.6. The number of hydrogen-bond donors (Lipinski definition) is 2. The maximum absolute atomic E-state index is 13.7. The van der Waals surface area contributed by atoms with E-state index in [4.69, 9.17) is 5.73 Å². The largest absolute Gasteiger partial charge is 0.320 e. The minimum absolute atomic E-state index is 0.0838. The Morgan fingerprint density at radius 3 is 2.90 bits per heavy atom. The highest BCUT2D eigenvalue weighted by atomic mass is 19.1.